The van der Waals surface area contributed by atoms with Gasteiger partial charge >= 0.3 is 5.97 Å². The van der Waals surface area contributed by atoms with Crippen LogP contribution in [0.1, 0.15) is 12.0 Å². The van der Waals surface area contributed by atoms with Crippen LogP contribution in [0.15, 0.2) is 24.3 Å². The number of hydrogen-bond acceptors (Lipinski definition) is 2. The molecule has 0 saturated heterocycles. The van der Waals surface area contributed by atoms with Crippen LogP contribution in [-0.4, -0.2) is 13.1 Å². The maximum absolute atomic E-state index is 12.7. The molecule has 0 spiro atoms. The Morgan fingerprint density at radius 1 is 1.54 bits per heavy atom. The molecule has 1 aromatic rings. The van der Waals surface area contributed by atoms with Crippen molar-refractivity contribution in [2.24, 2.45) is 0 Å². The number of rotatable bonds is 3. The molecule has 0 N–H and O–H groups in total. The van der Waals surface area contributed by atoms with Crippen molar-refractivity contribution in [1.29, 1.82) is 0 Å². The van der Waals surface area contributed by atoms with Crippen LogP contribution in [0.4, 0.5) is 4.39 Å². The van der Waals surface area contributed by atoms with Gasteiger partial charge in [0.2, 0.25) is 0 Å². The highest BCUT2D eigenvalue weighted by Crippen LogP contribution is 2.06. The molecule has 0 fully saturated rings. The molecule has 0 heterocycles. The third-order valence-corrected chi connectivity index (χ3v) is 1.73. The van der Waals surface area contributed by atoms with Crippen molar-refractivity contribution in [3.05, 3.63) is 35.6 Å². The van der Waals surface area contributed by atoms with Gasteiger partial charge in [-0.25, -0.2) is 4.39 Å². The van der Waals surface area contributed by atoms with Crippen molar-refractivity contribution in [2.45, 2.75) is 12.8 Å². The molecular weight excluding hydrogens is 171 g/mol. The molecular formula is C10H11FO2. The quantitative estimate of drug-likeness (QED) is 0.667. The van der Waals surface area contributed by atoms with Gasteiger partial charge in [-0.15, -0.1) is 0 Å². The molecule has 0 saturated carbocycles. The van der Waals surface area contributed by atoms with E-state index in [4.69, 9.17) is 0 Å². The lowest BCUT2D eigenvalue weighted by Gasteiger charge is -1.99. The van der Waals surface area contributed by atoms with E-state index in [0.717, 1.165) is 5.56 Å². The van der Waals surface area contributed by atoms with Crippen LogP contribution >= 0.6 is 0 Å². The molecule has 0 aliphatic rings. The van der Waals surface area contributed by atoms with Gasteiger partial charge in [0, 0.05) is 6.42 Å². The summed E-state index contributed by atoms with van der Waals surface area (Å²) in [6, 6.07) is 6.21. The van der Waals surface area contributed by atoms with Gasteiger partial charge in [-0.2, -0.15) is 0 Å². The van der Waals surface area contributed by atoms with E-state index in [1.54, 1.807) is 12.1 Å². The topological polar surface area (TPSA) is 26.3 Å². The van der Waals surface area contributed by atoms with E-state index < -0.39 is 0 Å². The summed E-state index contributed by atoms with van der Waals surface area (Å²) in [4.78, 5) is 10.8. The highest BCUT2D eigenvalue weighted by Gasteiger charge is 2.01. The molecule has 70 valence electrons. The third-order valence-electron chi connectivity index (χ3n) is 1.73. The average molecular weight is 182 g/mol. The Hall–Kier alpha value is -1.38. The Labute approximate surface area is 76.3 Å². The van der Waals surface area contributed by atoms with E-state index >= 15 is 0 Å². The number of aryl methyl sites for hydroxylation is 1. The first-order valence-corrected chi connectivity index (χ1v) is 4.03. The third kappa shape index (κ3) is 3.23. The average Bonchev–Trinajstić information content (AvgIpc) is 2.14. The van der Waals surface area contributed by atoms with Gasteiger partial charge in [-0.05, 0) is 24.1 Å². The molecule has 0 bridgehead atoms. The fraction of sp³-hybridized carbons (Fsp3) is 0.300. The predicted molar refractivity (Wildman–Crippen MR) is 46.7 cm³/mol. The zero-order valence-electron chi connectivity index (χ0n) is 7.42. The number of carbonyl (C=O) groups is 1. The Morgan fingerprint density at radius 3 is 2.92 bits per heavy atom. The van der Waals surface area contributed by atoms with E-state index in [1.807, 2.05) is 0 Å². The number of carbonyl (C=O) groups excluding carboxylic acids is 1. The summed E-state index contributed by atoms with van der Waals surface area (Å²) < 4.78 is 17.1. The molecule has 0 aliphatic carbocycles. The lowest BCUT2D eigenvalue weighted by Crippen LogP contribution is -2.01. The first-order valence-electron chi connectivity index (χ1n) is 4.03. The van der Waals surface area contributed by atoms with Crippen molar-refractivity contribution in [3.8, 4) is 0 Å². The van der Waals surface area contributed by atoms with E-state index in [0.29, 0.717) is 12.8 Å². The highest BCUT2D eigenvalue weighted by molar-refractivity contribution is 5.69. The molecule has 1 rings (SSSR count). The SMILES string of the molecule is COC(=O)CCc1cccc(F)c1. The lowest BCUT2D eigenvalue weighted by molar-refractivity contribution is -0.140. The van der Waals surface area contributed by atoms with Crippen LogP contribution < -0.4 is 0 Å². The molecule has 0 aliphatic heterocycles. The fourth-order valence-electron chi connectivity index (χ4n) is 1.04. The number of hydrogen-bond donors (Lipinski definition) is 0. The zero-order chi connectivity index (χ0) is 9.68. The summed E-state index contributed by atoms with van der Waals surface area (Å²) in [5.74, 6) is -0.549. The Kier molecular flexibility index (Phi) is 3.43. The zero-order valence-corrected chi connectivity index (χ0v) is 7.42. The second kappa shape index (κ2) is 4.60. The van der Waals surface area contributed by atoms with Crippen LogP contribution in [0.2, 0.25) is 0 Å². The molecule has 0 atom stereocenters. The van der Waals surface area contributed by atoms with Gasteiger partial charge in [0.15, 0.2) is 0 Å². The van der Waals surface area contributed by atoms with E-state index in [1.165, 1.54) is 19.2 Å². The van der Waals surface area contributed by atoms with Crippen molar-refractivity contribution in [2.75, 3.05) is 7.11 Å². The van der Waals surface area contributed by atoms with E-state index in [2.05, 4.69) is 4.74 Å². The van der Waals surface area contributed by atoms with Gasteiger partial charge < -0.3 is 4.74 Å². The first-order chi connectivity index (χ1) is 6.22. The van der Waals surface area contributed by atoms with Gasteiger partial charge in [0.1, 0.15) is 5.82 Å². The maximum Gasteiger partial charge on any atom is 0.305 e. The van der Waals surface area contributed by atoms with Crippen molar-refractivity contribution in [1.82, 2.24) is 0 Å². The van der Waals surface area contributed by atoms with Crippen LogP contribution in [0.25, 0.3) is 0 Å². The number of methoxy groups -OCH3 is 1. The number of ether oxygens (including phenoxy) is 1. The summed E-state index contributed by atoms with van der Waals surface area (Å²) in [6.07, 6.45) is 0.810. The Balaban J connectivity index is 2.50. The summed E-state index contributed by atoms with van der Waals surface area (Å²) >= 11 is 0. The van der Waals surface area contributed by atoms with Crippen LogP contribution in [-0.2, 0) is 16.0 Å². The number of halogens is 1. The van der Waals surface area contributed by atoms with Crippen LogP contribution in [0.3, 0.4) is 0 Å². The summed E-state index contributed by atoms with van der Waals surface area (Å²) in [5.41, 5.74) is 0.811. The largest absolute Gasteiger partial charge is 0.469 e. The van der Waals surface area contributed by atoms with E-state index in [-0.39, 0.29) is 11.8 Å². The summed E-state index contributed by atoms with van der Waals surface area (Å²) in [6.45, 7) is 0. The normalized spacial score (nSPS) is 9.69. The second-order valence-electron chi connectivity index (χ2n) is 2.71. The van der Waals surface area contributed by atoms with Gasteiger partial charge in [0.05, 0.1) is 7.11 Å². The first kappa shape index (κ1) is 9.71. The van der Waals surface area contributed by atoms with Crippen molar-refractivity contribution in [3.63, 3.8) is 0 Å². The van der Waals surface area contributed by atoms with Gasteiger partial charge in [-0.3, -0.25) is 4.79 Å². The van der Waals surface area contributed by atoms with Crippen LogP contribution in [0, 0.1) is 5.82 Å². The minimum absolute atomic E-state index is 0.274. The second-order valence-corrected chi connectivity index (χ2v) is 2.71. The molecule has 1 aromatic carbocycles. The molecule has 0 amide bonds. The predicted octanol–water partition coefficient (Wildman–Crippen LogP) is 1.93. The van der Waals surface area contributed by atoms with E-state index in [9.17, 15) is 9.18 Å². The molecule has 2 nitrogen and oxygen atoms in total. The van der Waals surface area contributed by atoms with Crippen molar-refractivity contribution >= 4 is 5.97 Å². The molecule has 0 aromatic heterocycles. The monoisotopic (exact) mass is 182 g/mol. The number of benzene rings is 1. The van der Waals surface area contributed by atoms with Gasteiger partial charge in [-0.1, -0.05) is 12.1 Å². The lowest BCUT2D eigenvalue weighted by atomic mass is 10.1. The smallest absolute Gasteiger partial charge is 0.305 e. The summed E-state index contributed by atoms with van der Waals surface area (Å²) in [5, 5.41) is 0. The Bertz CT molecular complexity index is 297. The highest BCUT2D eigenvalue weighted by atomic mass is 19.1. The standard InChI is InChI=1S/C10H11FO2/c1-13-10(12)6-5-8-3-2-4-9(11)7-8/h2-4,7H,5-6H2,1H3. The fourth-order valence-corrected chi connectivity index (χ4v) is 1.04. The molecule has 0 unspecified atom stereocenters. The minimum atomic E-state index is -0.276. The minimum Gasteiger partial charge on any atom is -0.469 e. The molecule has 0 radical (unpaired) electrons. The molecule has 13 heavy (non-hydrogen) atoms. The maximum atomic E-state index is 12.7. The van der Waals surface area contributed by atoms with Crippen LogP contribution in [0.5, 0.6) is 0 Å². The summed E-state index contributed by atoms with van der Waals surface area (Å²) in [7, 11) is 1.34. The Morgan fingerprint density at radius 2 is 2.31 bits per heavy atom. The number of esters is 1. The van der Waals surface area contributed by atoms with Gasteiger partial charge in [0.25, 0.3) is 0 Å². The van der Waals surface area contributed by atoms with Crippen molar-refractivity contribution < 1.29 is 13.9 Å². The molecule has 3 heteroatoms.